The fraction of sp³-hybridized carbons (Fsp3) is 0.333. The normalized spacial score (nSPS) is 11.4. The second-order valence-electron chi connectivity index (χ2n) is 5.66. The number of ether oxygens (including phenoxy) is 2. The molecular weight excluding hydrogens is 419 g/mol. The average molecular weight is 436 g/mol. The maximum Gasteiger partial charge on any atom is 0.447 e. The Morgan fingerprint density at radius 2 is 1.97 bits per heavy atom. The van der Waals surface area contributed by atoms with Crippen LogP contribution in [-0.2, 0) is 6.54 Å². The molecule has 1 aromatic heterocycles. The Morgan fingerprint density at radius 1 is 1.24 bits per heavy atom. The minimum Gasteiger partial charge on any atom is -0.490 e. The molecule has 2 rings (SSSR count). The zero-order valence-electron chi connectivity index (χ0n) is 15.4. The van der Waals surface area contributed by atoms with Crippen LogP contribution in [0.2, 0.25) is 0 Å². The topological polar surface area (TPSA) is 51.7 Å². The third-order valence-corrected chi connectivity index (χ3v) is 4.25. The molecule has 0 fully saturated rings. The van der Waals surface area contributed by atoms with E-state index in [1.54, 1.807) is 6.92 Å². The number of alkyl halides is 5. The van der Waals surface area contributed by atoms with Gasteiger partial charge in [0.2, 0.25) is 0 Å². The van der Waals surface area contributed by atoms with Gasteiger partial charge in [0.1, 0.15) is 5.03 Å². The van der Waals surface area contributed by atoms with E-state index in [2.05, 4.69) is 9.72 Å². The van der Waals surface area contributed by atoms with E-state index in [9.17, 15) is 26.7 Å². The van der Waals surface area contributed by atoms with E-state index >= 15 is 0 Å². The number of hydrogen-bond donors (Lipinski definition) is 0. The van der Waals surface area contributed by atoms with Crippen molar-refractivity contribution in [1.29, 1.82) is 0 Å². The van der Waals surface area contributed by atoms with Gasteiger partial charge in [-0.15, -0.1) is 0 Å². The zero-order chi connectivity index (χ0) is 21.6. The molecule has 0 aliphatic heterocycles. The summed E-state index contributed by atoms with van der Waals surface area (Å²) >= 11 is -0.470. The van der Waals surface area contributed by atoms with Crippen LogP contribution in [0.4, 0.5) is 22.0 Å². The summed E-state index contributed by atoms with van der Waals surface area (Å²) in [7, 11) is 1.40. The first-order valence-electron chi connectivity index (χ1n) is 8.27. The fourth-order valence-corrected chi connectivity index (χ4v) is 3.01. The predicted molar refractivity (Wildman–Crippen MR) is 96.2 cm³/mol. The van der Waals surface area contributed by atoms with Crippen molar-refractivity contribution in [1.82, 2.24) is 9.88 Å². The fourth-order valence-electron chi connectivity index (χ4n) is 2.41. The largest absolute Gasteiger partial charge is 0.490 e. The molecule has 1 amide bonds. The van der Waals surface area contributed by atoms with Crippen LogP contribution in [0.3, 0.4) is 0 Å². The summed E-state index contributed by atoms with van der Waals surface area (Å²) in [6, 6.07) is 6.79. The number of amides is 1. The summed E-state index contributed by atoms with van der Waals surface area (Å²) in [6.45, 7) is -1.17. The Bertz CT molecular complexity index is 848. The van der Waals surface area contributed by atoms with E-state index in [1.807, 2.05) is 0 Å². The molecule has 0 saturated carbocycles. The molecule has 0 bridgehead atoms. The van der Waals surface area contributed by atoms with Crippen LogP contribution < -0.4 is 9.47 Å². The number of nitrogens with zero attached hydrogens (tertiary/aromatic N) is 2. The highest BCUT2D eigenvalue weighted by Gasteiger charge is 2.32. The standard InChI is InChI=1S/C18H17F5N2O3S/c1-3-27-14-9-11(6-7-13(14)28-17(19)20)10-25(2)16(26)12-5-4-8-24-15(12)29-18(21,22)23/h4-9,17H,3,10H2,1-2H3. The number of carbonyl (C=O) groups is 1. The van der Waals surface area contributed by atoms with Gasteiger partial charge in [0.25, 0.3) is 5.91 Å². The lowest BCUT2D eigenvalue weighted by atomic mass is 10.1. The van der Waals surface area contributed by atoms with E-state index in [-0.39, 0.29) is 30.2 Å². The number of aromatic nitrogens is 1. The minimum atomic E-state index is -4.59. The van der Waals surface area contributed by atoms with E-state index < -0.39 is 34.8 Å². The highest BCUT2D eigenvalue weighted by atomic mass is 32.2. The van der Waals surface area contributed by atoms with Crippen LogP contribution in [-0.4, -0.2) is 41.6 Å². The van der Waals surface area contributed by atoms with Crippen LogP contribution in [0, 0.1) is 0 Å². The van der Waals surface area contributed by atoms with Crippen molar-refractivity contribution in [3.63, 3.8) is 0 Å². The molecule has 1 heterocycles. The zero-order valence-corrected chi connectivity index (χ0v) is 16.2. The van der Waals surface area contributed by atoms with Gasteiger partial charge < -0.3 is 14.4 Å². The summed E-state index contributed by atoms with van der Waals surface area (Å²) in [5.74, 6) is -0.757. The van der Waals surface area contributed by atoms with E-state index in [4.69, 9.17) is 4.74 Å². The van der Waals surface area contributed by atoms with Crippen LogP contribution in [0.15, 0.2) is 41.6 Å². The molecule has 29 heavy (non-hydrogen) atoms. The molecule has 0 aliphatic rings. The first-order chi connectivity index (χ1) is 13.6. The molecule has 0 aliphatic carbocycles. The van der Waals surface area contributed by atoms with Crippen molar-refractivity contribution in [2.75, 3.05) is 13.7 Å². The van der Waals surface area contributed by atoms with Gasteiger partial charge in [-0.25, -0.2) is 4.98 Å². The summed E-state index contributed by atoms with van der Waals surface area (Å²) < 4.78 is 72.7. The summed E-state index contributed by atoms with van der Waals surface area (Å²) in [4.78, 5) is 17.5. The van der Waals surface area contributed by atoms with Crippen molar-refractivity contribution in [3.05, 3.63) is 47.7 Å². The number of thioether (sulfide) groups is 1. The SMILES string of the molecule is CCOc1cc(CN(C)C(=O)c2cccnc2SC(F)(F)F)ccc1OC(F)F. The summed E-state index contributed by atoms with van der Waals surface area (Å²) in [5, 5.41) is -0.451. The van der Waals surface area contributed by atoms with Gasteiger partial charge in [-0.2, -0.15) is 22.0 Å². The molecule has 5 nitrogen and oxygen atoms in total. The molecule has 0 atom stereocenters. The van der Waals surface area contributed by atoms with Crippen LogP contribution in [0.5, 0.6) is 11.5 Å². The number of rotatable bonds is 8. The lowest BCUT2D eigenvalue weighted by Crippen LogP contribution is -2.27. The van der Waals surface area contributed by atoms with E-state index in [0.717, 1.165) is 0 Å². The second-order valence-corrected chi connectivity index (χ2v) is 6.71. The maximum absolute atomic E-state index is 12.7. The smallest absolute Gasteiger partial charge is 0.447 e. The molecule has 0 saturated heterocycles. The molecule has 0 N–H and O–H groups in total. The monoisotopic (exact) mass is 436 g/mol. The first kappa shape index (κ1) is 22.7. The van der Waals surface area contributed by atoms with Gasteiger partial charge in [-0.3, -0.25) is 4.79 Å². The highest BCUT2D eigenvalue weighted by Crippen LogP contribution is 2.37. The lowest BCUT2D eigenvalue weighted by molar-refractivity contribution is -0.0514. The minimum absolute atomic E-state index is 0.00111. The molecule has 11 heteroatoms. The number of benzene rings is 1. The Balaban J connectivity index is 2.21. The van der Waals surface area contributed by atoms with Crippen molar-refractivity contribution in [2.24, 2.45) is 0 Å². The molecule has 158 valence electrons. The van der Waals surface area contributed by atoms with E-state index in [1.165, 1.54) is 48.5 Å². The molecule has 0 unspecified atom stereocenters. The van der Waals surface area contributed by atoms with Crippen molar-refractivity contribution >= 4 is 17.7 Å². The Hall–Kier alpha value is -2.56. The highest BCUT2D eigenvalue weighted by molar-refractivity contribution is 8.00. The van der Waals surface area contributed by atoms with Crippen molar-refractivity contribution in [2.45, 2.75) is 30.6 Å². The Labute approximate surface area is 167 Å². The average Bonchev–Trinajstić information content (AvgIpc) is 2.62. The van der Waals surface area contributed by atoms with Gasteiger partial charge in [0.05, 0.1) is 12.2 Å². The number of carbonyl (C=O) groups excluding carboxylic acids is 1. The van der Waals surface area contributed by atoms with Crippen molar-refractivity contribution < 1.29 is 36.2 Å². The number of hydrogen-bond acceptors (Lipinski definition) is 5. The number of halogens is 5. The third-order valence-electron chi connectivity index (χ3n) is 3.50. The molecule has 0 spiro atoms. The predicted octanol–water partition coefficient (Wildman–Crippen LogP) is 4.97. The molecule has 1 aromatic carbocycles. The third kappa shape index (κ3) is 6.77. The van der Waals surface area contributed by atoms with Gasteiger partial charge in [0.15, 0.2) is 11.5 Å². The molecule has 2 aromatic rings. The van der Waals surface area contributed by atoms with Gasteiger partial charge in [-0.1, -0.05) is 6.07 Å². The summed E-state index contributed by atoms with van der Waals surface area (Å²) in [6.07, 6.45) is 1.17. The number of pyridine rings is 1. The lowest BCUT2D eigenvalue weighted by Gasteiger charge is -2.20. The molecule has 0 radical (unpaired) electrons. The summed E-state index contributed by atoms with van der Waals surface area (Å²) in [5.41, 5.74) is -4.27. The van der Waals surface area contributed by atoms with Gasteiger partial charge in [0, 0.05) is 31.6 Å². The quantitative estimate of drug-likeness (QED) is 0.432. The van der Waals surface area contributed by atoms with Crippen LogP contribution >= 0.6 is 11.8 Å². The van der Waals surface area contributed by atoms with E-state index in [0.29, 0.717) is 5.56 Å². The van der Waals surface area contributed by atoms with Gasteiger partial charge in [-0.05, 0) is 36.8 Å². The van der Waals surface area contributed by atoms with Crippen LogP contribution in [0.1, 0.15) is 22.8 Å². The first-order valence-corrected chi connectivity index (χ1v) is 9.09. The van der Waals surface area contributed by atoms with Crippen LogP contribution in [0.25, 0.3) is 0 Å². The molecular formula is C18H17F5N2O3S. The Kier molecular flexibility index (Phi) is 7.66. The maximum atomic E-state index is 12.7. The van der Waals surface area contributed by atoms with Crippen molar-refractivity contribution in [3.8, 4) is 11.5 Å². The van der Waals surface area contributed by atoms with Gasteiger partial charge >= 0.3 is 12.1 Å². The second kappa shape index (κ2) is 9.77. The Morgan fingerprint density at radius 3 is 2.59 bits per heavy atom.